The molecule has 17 heavy (non-hydrogen) atoms. The van der Waals surface area contributed by atoms with Crippen LogP contribution in [0.15, 0.2) is 6.20 Å². The molecule has 1 aromatic heterocycles. The lowest BCUT2D eigenvalue weighted by Gasteiger charge is -2.26. The fraction of sp³-hybridized carbons (Fsp3) is 0.786. The lowest BCUT2D eigenvalue weighted by atomic mass is 9.89. The number of imidazole rings is 1. The van der Waals surface area contributed by atoms with E-state index in [4.69, 9.17) is 0 Å². The highest BCUT2D eigenvalue weighted by Gasteiger charge is 2.22. The SMILES string of the molecule is CCCCC(CC)C(NC)c1cnc(C)n1C. The molecule has 2 unspecified atom stereocenters. The number of aryl methyl sites for hydroxylation is 1. The van der Waals surface area contributed by atoms with Gasteiger partial charge in [0.05, 0.1) is 17.9 Å². The van der Waals surface area contributed by atoms with Crippen LogP contribution in [-0.2, 0) is 7.05 Å². The first kappa shape index (κ1) is 14.2. The quantitative estimate of drug-likeness (QED) is 0.789. The molecule has 0 saturated heterocycles. The molecule has 0 aliphatic rings. The van der Waals surface area contributed by atoms with Gasteiger partial charge in [-0.3, -0.25) is 0 Å². The van der Waals surface area contributed by atoms with Crippen molar-refractivity contribution in [3.63, 3.8) is 0 Å². The summed E-state index contributed by atoms with van der Waals surface area (Å²) in [7, 11) is 4.16. The van der Waals surface area contributed by atoms with Crippen LogP contribution >= 0.6 is 0 Å². The second-order valence-corrected chi connectivity index (χ2v) is 4.87. The number of nitrogens with one attached hydrogen (secondary N) is 1. The molecule has 1 aromatic rings. The molecule has 2 atom stereocenters. The first-order valence-electron chi connectivity index (χ1n) is 6.81. The van der Waals surface area contributed by atoms with Crippen LogP contribution in [0.25, 0.3) is 0 Å². The molecule has 3 nitrogen and oxygen atoms in total. The fourth-order valence-corrected chi connectivity index (χ4v) is 2.51. The Hall–Kier alpha value is -0.830. The average molecular weight is 237 g/mol. The highest BCUT2D eigenvalue weighted by Crippen LogP contribution is 2.28. The Labute approximate surface area is 106 Å². The van der Waals surface area contributed by atoms with Crippen molar-refractivity contribution in [3.05, 3.63) is 17.7 Å². The predicted octanol–water partition coefficient (Wildman–Crippen LogP) is 3.21. The van der Waals surface area contributed by atoms with Gasteiger partial charge in [-0.15, -0.1) is 0 Å². The van der Waals surface area contributed by atoms with Crippen molar-refractivity contribution in [2.45, 2.75) is 52.5 Å². The van der Waals surface area contributed by atoms with Gasteiger partial charge < -0.3 is 9.88 Å². The molecule has 98 valence electrons. The molecule has 0 amide bonds. The maximum absolute atomic E-state index is 4.40. The van der Waals surface area contributed by atoms with Crippen molar-refractivity contribution in [1.29, 1.82) is 0 Å². The Morgan fingerprint density at radius 3 is 2.53 bits per heavy atom. The van der Waals surface area contributed by atoms with Crippen LogP contribution in [-0.4, -0.2) is 16.6 Å². The molecule has 0 saturated carbocycles. The molecule has 0 bridgehead atoms. The van der Waals surface area contributed by atoms with Gasteiger partial charge >= 0.3 is 0 Å². The first-order chi connectivity index (χ1) is 8.15. The second-order valence-electron chi connectivity index (χ2n) is 4.87. The van der Waals surface area contributed by atoms with E-state index in [1.165, 1.54) is 31.4 Å². The molecule has 0 aliphatic carbocycles. The zero-order valence-corrected chi connectivity index (χ0v) is 12.0. The molecule has 1 heterocycles. The van der Waals surface area contributed by atoms with Crippen LogP contribution in [0.5, 0.6) is 0 Å². The van der Waals surface area contributed by atoms with E-state index in [9.17, 15) is 0 Å². The van der Waals surface area contributed by atoms with Crippen LogP contribution in [0.4, 0.5) is 0 Å². The van der Waals surface area contributed by atoms with Crippen molar-refractivity contribution in [1.82, 2.24) is 14.9 Å². The van der Waals surface area contributed by atoms with Gasteiger partial charge in [0.2, 0.25) is 0 Å². The third kappa shape index (κ3) is 3.32. The van der Waals surface area contributed by atoms with E-state index in [-0.39, 0.29) is 0 Å². The molecule has 3 heteroatoms. The number of rotatable bonds is 7. The topological polar surface area (TPSA) is 29.9 Å². The Kier molecular flexibility index (Phi) is 5.69. The van der Waals surface area contributed by atoms with Crippen LogP contribution in [0.1, 0.15) is 57.1 Å². The molecule has 0 aromatic carbocycles. The minimum Gasteiger partial charge on any atom is -0.334 e. The first-order valence-corrected chi connectivity index (χ1v) is 6.81. The van der Waals surface area contributed by atoms with Gasteiger partial charge in [0, 0.05) is 7.05 Å². The summed E-state index contributed by atoms with van der Waals surface area (Å²) in [6.07, 6.45) is 7.12. The summed E-state index contributed by atoms with van der Waals surface area (Å²) in [6.45, 7) is 6.60. The highest BCUT2D eigenvalue weighted by atomic mass is 15.1. The maximum atomic E-state index is 4.40. The number of aromatic nitrogens is 2. The van der Waals surface area contributed by atoms with Crippen molar-refractivity contribution in [3.8, 4) is 0 Å². The molecular formula is C14H27N3. The van der Waals surface area contributed by atoms with Gasteiger partial charge in [-0.2, -0.15) is 0 Å². The van der Waals surface area contributed by atoms with Crippen LogP contribution in [0.3, 0.4) is 0 Å². The van der Waals surface area contributed by atoms with E-state index >= 15 is 0 Å². The molecule has 1 rings (SSSR count). The monoisotopic (exact) mass is 237 g/mol. The van der Waals surface area contributed by atoms with Crippen molar-refractivity contribution < 1.29 is 0 Å². The average Bonchev–Trinajstić information content (AvgIpc) is 2.66. The van der Waals surface area contributed by atoms with Gasteiger partial charge in [-0.05, 0) is 26.3 Å². The number of nitrogens with zero attached hydrogens (tertiary/aromatic N) is 2. The van der Waals surface area contributed by atoms with Crippen LogP contribution in [0, 0.1) is 12.8 Å². The lowest BCUT2D eigenvalue weighted by Crippen LogP contribution is -2.27. The van der Waals surface area contributed by atoms with E-state index in [1.807, 2.05) is 6.20 Å². The van der Waals surface area contributed by atoms with Crippen LogP contribution in [0.2, 0.25) is 0 Å². The maximum Gasteiger partial charge on any atom is 0.105 e. The number of unbranched alkanes of at least 4 members (excludes halogenated alkanes) is 1. The van der Waals surface area contributed by atoms with E-state index in [0.717, 1.165) is 5.82 Å². The zero-order valence-electron chi connectivity index (χ0n) is 12.0. The number of hydrogen-bond donors (Lipinski definition) is 1. The fourth-order valence-electron chi connectivity index (χ4n) is 2.51. The predicted molar refractivity (Wildman–Crippen MR) is 73.1 cm³/mol. The molecular weight excluding hydrogens is 210 g/mol. The van der Waals surface area contributed by atoms with Gasteiger partial charge in [-0.25, -0.2) is 4.98 Å². The Morgan fingerprint density at radius 2 is 2.12 bits per heavy atom. The smallest absolute Gasteiger partial charge is 0.105 e. The van der Waals surface area contributed by atoms with Crippen LogP contribution < -0.4 is 5.32 Å². The van der Waals surface area contributed by atoms with E-state index in [0.29, 0.717) is 12.0 Å². The van der Waals surface area contributed by atoms with Gasteiger partial charge in [-0.1, -0.05) is 33.1 Å². The van der Waals surface area contributed by atoms with E-state index < -0.39 is 0 Å². The third-order valence-electron chi connectivity index (χ3n) is 3.81. The Morgan fingerprint density at radius 1 is 1.41 bits per heavy atom. The summed E-state index contributed by atoms with van der Waals surface area (Å²) in [6, 6.07) is 0.428. The largest absolute Gasteiger partial charge is 0.334 e. The van der Waals surface area contributed by atoms with Crippen molar-refractivity contribution in [2.75, 3.05) is 7.05 Å². The van der Waals surface area contributed by atoms with Crippen molar-refractivity contribution in [2.24, 2.45) is 13.0 Å². The molecule has 0 aliphatic heterocycles. The van der Waals surface area contributed by atoms with Gasteiger partial charge in [0.25, 0.3) is 0 Å². The van der Waals surface area contributed by atoms with Gasteiger partial charge in [0.15, 0.2) is 0 Å². The molecule has 1 N–H and O–H groups in total. The third-order valence-corrected chi connectivity index (χ3v) is 3.81. The molecule has 0 radical (unpaired) electrons. The standard InChI is InChI=1S/C14H27N3/c1-6-8-9-12(7-2)14(15-4)13-10-16-11(3)17(13)5/h10,12,14-15H,6-9H2,1-5H3. The summed E-state index contributed by atoms with van der Waals surface area (Å²) < 4.78 is 2.20. The van der Waals surface area contributed by atoms with E-state index in [2.05, 4.69) is 49.7 Å². The zero-order chi connectivity index (χ0) is 12.8. The van der Waals surface area contributed by atoms with Crippen molar-refractivity contribution >= 4 is 0 Å². The second kappa shape index (κ2) is 6.80. The summed E-state index contributed by atoms with van der Waals surface area (Å²) in [5.41, 5.74) is 1.31. The summed E-state index contributed by atoms with van der Waals surface area (Å²) >= 11 is 0. The summed E-state index contributed by atoms with van der Waals surface area (Å²) in [5.74, 6) is 1.79. The summed E-state index contributed by atoms with van der Waals surface area (Å²) in [5, 5.41) is 3.47. The Balaban J connectivity index is 2.85. The summed E-state index contributed by atoms with van der Waals surface area (Å²) in [4.78, 5) is 4.40. The molecule has 0 fully saturated rings. The highest BCUT2D eigenvalue weighted by molar-refractivity contribution is 5.10. The molecule has 0 spiro atoms. The van der Waals surface area contributed by atoms with E-state index in [1.54, 1.807) is 0 Å². The minimum absolute atomic E-state index is 0.428. The number of hydrogen-bond acceptors (Lipinski definition) is 2. The van der Waals surface area contributed by atoms with Gasteiger partial charge in [0.1, 0.15) is 5.82 Å². The lowest BCUT2D eigenvalue weighted by molar-refractivity contribution is 0.328. The minimum atomic E-state index is 0.428. The normalized spacial score (nSPS) is 14.9. The Bertz CT molecular complexity index is 330.